The second-order valence-corrected chi connectivity index (χ2v) is 4.95. The fourth-order valence-electron chi connectivity index (χ4n) is 2.70. The minimum Gasteiger partial charge on any atom is -0.382 e. The van der Waals surface area contributed by atoms with Crippen molar-refractivity contribution in [1.29, 1.82) is 0 Å². The van der Waals surface area contributed by atoms with Crippen molar-refractivity contribution in [3.8, 4) is 0 Å². The second kappa shape index (κ2) is 5.39. The molecule has 1 aliphatic carbocycles. The highest BCUT2D eigenvalue weighted by atomic mass is 16.1. The predicted octanol–water partition coefficient (Wildman–Crippen LogP) is 2.92. The number of hydrogen-bond donors (Lipinski definition) is 1. The average Bonchev–Trinajstić information content (AvgIpc) is 2.30. The highest BCUT2D eigenvalue weighted by Gasteiger charge is 2.13. The Morgan fingerprint density at radius 3 is 2.59 bits per heavy atom. The van der Waals surface area contributed by atoms with Crippen LogP contribution in [0.25, 0.3) is 0 Å². The lowest BCUT2D eigenvalue weighted by atomic mass is 9.95. The first kappa shape index (κ1) is 12.2. The van der Waals surface area contributed by atoms with Crippen LogP contribution in [0.4, 0.5) is 5.69 Å². The number of hydrogen-bond acceptors (Lipinski definition) is 2. The summed E-state index contributed by atoms with van der Waals surface area (Å²) in [6.07, 6.45) is 6.44. The molecule has 94 valence electrons. The third-order valence-corrected chi connectivity index (χ3v) is 3.63. The molecule has 0 amide bonds. The Balaban J connectivity index is 2.13. The quantitative estimate of drug-likeness (QED) is 0.872. The van der Waals surface area contributed by atoms with E-state index in [9.17, 15) is 4.79 Å². The van der Waals surface area contributed by atoms with Gasteiger partial charge in [0, 0.05) is 30.0 Å². The van der Waals surface area contributed by atoms with Crippen molar-refractivity contribution in [2.24, 2.45) is 0 Å². The van der Waals surface area contributed by atoms with Gasteiger partial charge in [0.25, 0.3) is 5.56 Å². The fourth-order valence-corrected chi connectivity index (χ4v) is 2.70. The van der Waals surface area contributed by atoms with E-state index in [-0.39, 0.29) is 5.56 Å². The number of rotatable bonds is 3. The highest BCUT2D eigenvalue weighted by molar-refractivity contribution is 5.44. The van der Waals surface area contributed by atoms with Crippen LogP contribution in [0.2, 0.25) is 0 Å². The van der Waals surface area contributed by atoms with Gasteiger partial charge in [-0.2, -0.15) is 0 Å². The summed E-state index contributed by atoms with van der Waals surface area (Å²) in [5, 5.41) is 3.50. The third-order valence-electron chi connectivity index (χ3n) is 3.63. The predicted molar refractivity (Wildman–Crippen MR) is 71.6 cm³/mol. The van der Waals surface area contributed by atoms with Crippen LogP contribution < -0.4 is 10.9 Å². The van der Waals surface area contributed by atoms with Crippen LogP contribution in [0.15, 0.2) is 16.9 Å². The molecule has 3 heteroatoms. The number of anilines is 1. The van der Waals surface area contributed by atoms with Crippen molar-refractivity contribution in [1.82, 2.24) is 4.57 Å². The summed E-state index contributed by atoms with van der Waals surface area (Å²) in [6, 6.07) is 4.37. The molecular weight excluding hydrogens is 212 g/mol. The van der Waals surface area contributed by atoms with Gasteiger partial charge in [0.05, 0.1) is 0 Å². The first-order valence-corrected chi connectivity index (χ1v) is 6.68. The van der Waals surface area contributed by atoms with Gasteiger partial charge in [-0.15, -0.1) is 0 Å². The smallest absolute Gasteiger partial charge is 0.252 e. The summed E-state index contributed by atoms with van der Waals surface area (Å²) in [7, 11) is 0. The number of pyridine rings is 1. The Morgan fingerprint density at radius 1 is 1.29 bits per heavy atom. The highest BCUT2D eigenvalue weighted by Crippen LogP contribution is 2.21. The number of nitrogens with zero attached hydrogens (tertiary/aromatic N) is 1. The zero-order valence-electron chi connectivity index (χ0n) is 10.8. The van der Waals surface area contributed by atoms with Gasteiger partial charge in [-0.25, -0.2) is 0 Å². The monoisotopic (exact) mass is 234 g/mol. The summed E-state index contributed by atoms with van der Waals surface area (Å²) in [4.78, 5) is 11.9. The van der Waals surface area contributed by atoms with Gasteiger partial charge in [-0.1, -0.05) is 19.3 Å². The second-order valence-electron chi connectivity index (χ2n) is 4.95. The van der Waals surface area contributed by atoms with Crippen LogP contribution in [0.3, 0.4) is 0 Å². The Hall–Kier alpha value is -1.25. The van der Waals surface area contributed by atoms with Crippen molar-refractivity contribution in [3.05, 3.63) is 28.2 Å². The minimum atomic E-state index is 0.103. The number of aryl methyl sites for hydroxylation is 1. The maximum atomic E-state index is 11.9. The molecule has 1 saturated carbocycles. The number of nitrogens with one attached hydrogen (secondary N) is 1. The first-order chi connectivity index (χ1) is 8.20. The van der Waals surface area contributed by atoms with Crippen LogP contribution in [0, 0.1) is 6.92 Å². The Kier molecular flexibility index (Phi) is 3.87. The summed E-state index contributed by atoms with van der Waals surface area (Å²) < 4.78 is 1.80. The van der Waals surface area contributed by atoms with Gasteiger partial charge in [0.1, 0.15) is 0 Å². The van der Waals surface area contributed by atoms with E-state index in [0.717, 1.165) is 17.9 Å². The fraction of sp³-hybridized carbons (Fsp3) is 0.643. The van der Waals surface area contributed by atoms with Crippen LogP contribution in [-0.2, 0) is 6.54 Å². The molecule has 0 aromatic carbocycles. The molecule has 1 fully saturated rings. The molecule has 0 spiro atoms. The van der Waals surface area contributed by atoms with E-state index in [0.29, 0.717) is 6.04 Å². The van der Waals surface area contributed by atoms with Crippen molar-refractivity contribution < 1.29 is 0 Å². The molecule has 0 atom stereocenters. The van der Waals surface area contributed by atoms with E-state index in [4.69, 9.17) is 0 Å². The molecule has 0 aliphatic heterocycles. The number of aromatic nitrogens is 1. The van der Waals surface area contributed by atoms with Gasteiger partial charge >= 0.3 is 0 Å². The minimum absolute atomic E-state index is 0.103. The molecule has 0 radical (unpaired) electrons. The molecule has 1 aromatic heterocycles. The summed E-state index contributed by atoms with van der Waals surface area (Å²) in [6.45, 7) is 4.74. The Bertz CT molecular complexity index is 430. The maximum Gasteiger partial charge on any atom is 0.252 e. The topological polar surface area (TPSA) is 34.0 Å². The molecule has 0 unspecified atom stereocenters. The normalized spacial score (nSPS) is 17.1. The first-order valence-electron chi connectivity index (χ1n) is 6.68. The largest absolute Gasteiger partial charge is 0.382 e. The average molecular weight is 234 g/mol. The lowest BCUT2D eigenvalue weighted by Gasteiger charge is -2.24. The van der Waals surface area contributed by atoms with Crippen molar-refractivity contribution >= 4 is 5.69 Å². The zero-order chi connectivity index (χ0) is 12.3. The van der Waals surface area contributed by atoms with E-state index < -0.39 is 0 Å². The molecule has 1 heterocycles. The van der Waals surface area contributed by atoms with Gasteiger partial charge in [-0.05, 0) is 32.8 Å². The summed E-state index contributed by atoms with van der Waals surface area (Å²) in [5.41, 5.74) is 2.13. The molecule has 3 nitrogen and oxygen atoms in total. The van der Waals surface area contributed by atoms with Crippen molar-refractivity contribution in [2.45, 2.75) is 58.5 Å². The summed E-state index contributed by atoms with van der Waals surface area (Å²) >= 11 is 0. The Morgan fingerprint density at radius 2 is 2.00 bits per heavy atom. The molecule has 0 bridgehead atoms. The van der Waals surface area contributed by atoms with E-state index in [1.165, 1.54) is 32.1 Å². The third kappa shape index (κ3) is 2.90. The SMILES string of the molecule is CCn1c(C)cc(NC2CCCCC2)cc1=O. The van der Waals surface area contributed by atoms with Gasteiger partial charge in [-0.3, -0.25) is 4.79 Å². The van der Waals surface area contributed by atoms with Gasteiger partial charge < -0.3 is 9.88 Å². The van der Waals surface area contributed by atoms with Crippen LogP contribution in [-0.4, -0.2) is 10.6 Å². The molecule has 1 N–H and O–H groups in total. The zero-order valence-corrected chi connectivity index (χ0v) is 10.8. The Labute approximate surface area is 103 Å². The molecule has 1 aromatic rings. The van der Waals surface area contributed by atoms with E-state index >= 15 is 0 Å². The summed E-state index contributed by atoms with van der Waals surface area (Å²) in [5.74, 6) is 0. The molecule has 2 rings (SSSR count). The van der Waals surface area contributed by atoms with Gasteiger partial charge in [0.2, 0.25) is 0 Å². The van der Waals surface area contributed by atoms with E-state index in [2.05, 4.69) is 11.4 Å². The standard InChI is InChI=1S/C14H22N2O/c1-3-16-11(2)9-13(10-14(16)17)15-12-7-5-4-6-8-12/h9-10,12,15H,3-8H2,1-2H3. The van der Waals surface area contributed by atoms with Crippen LogP contribution in [0.5, 0.6) is 0 Å². The molecule has 1 aliphatic rings. The van der Waals surface area contributed by atoms with E-state index in [1.54, 1.807) is 10.6 Å². The molecular formula is C14H22N2O. The van der Waals surface area contributed by atoms with Crippen molar-refractivity contribution in [3.63, 3.8) is 0 Å². The van der Waals surface area contributed by atoms with Crippen molar-refractivity contribution in [2.75, 3.05) is 5.32 Å². The van der Waals surface area contributed by atoms with Crippen LogP contribution in [0.1, 0.15) is 44.7 Å². The lowest BCUT2D eigenvalue weighted by Crippen LogP contribution is -2.25. The van der Waals surface area contributed by atoms with Gasteiger partial charge in [0.15, 0.2) is 0 Å². The maximum absolute atomic E-state index is 11.9. The molecule has 17 heavy (non-hydrogen) atoms. The van der Waals surface area contributed by atoms with Crippen LogP contribution >= 0.6 is 0 Å². The lowest BCUT2D eigenvalue weighted by molar-refractivity contribution is 0.462. The molecule has 0 saturated heterocycles. The van der Waals surface area contributed by atoms with E-state index in [1.807, 2.05) is 13.8 Å².